The Balaban J connectivity index is 2.75. The molecule has 0 bridgehead atoms. The van der Waals surface area contributed by atoms with E-state index in [0.717, 1.165) is 12.3 Å². The van der Waals surface area contributed by atoms with Gasteiger partial charge < -0.3 is 16.4 Å². The summed E-state index contributed by atoms with van der Waals surface area (Å²) < 4.78 is 0. The van der Waals surface area contributed by atoms with Gasteiger partial charge in [0.2, 0.25) is 5.91 Å². The van der Waals surface area contributed by atoms with E-state index in [9.17, 15) is 19.7 Å². The van der Waals surface area contributed by atoms with Crippen LogP contribution in [0.2, 0.25) is 0 Å². The SMILES string of the molecule is CC(C)NC(=O)CNC(=O)c1cc([N+](=O)[O-])cnc1N. The lowest BCUT2D eigenvalue weighted by Gasteiger charge is -2.09. The van der Waals surface area contributed by atoms with E-state index in [1.807, 2.05) is 0 Å². The van der Waals surface area contributed by atoms with E-state index in [1.54, 1.807) is 13.8 Å². The summed E-state index contributed by atoms with van der Waals surface area (Å²) in [5.41, 5.74) is 4.99. The average molecular weight is 281 g/mol. The van der Waals surface area contributed by atoms with Crippen molar-refractivity contribution in [2.75, 3.05) is 12.3 Å². The standard InChI is InChI=1S/C11H15N5O4/c1-6(2)15-9(17)5-14-11(18)8-3-7(16(19)20)4-13-10(8)12/h3-4,6H,5H2,1-2H3,(H2,12,13)(H,14,18)(H,15,17). The third-order valence-electron chi connectivity index (χ3n) is 2.22. The van der Waals surface area contributed by atoms with Crippen LogP contribution in [-0.2, 0) is 4.79 Å². The van der Waals surface area contributed by atoms with Gasteiger partial charge in [0.25, 0.3) is 11.6 Å². The molecule has 0 unspecified atom stereocenters. The number of nitrogens with zero attached hydrogens (tertiary/aromatic N) is 2. The fraction of sp³-hybridized carbons (Fsp3) is 0.364. The number of hydrogen-bond acceptors (Lipinski definition) is 6. The van der Waals surface area contributed by atoms with Crippen molar-refractivity contribution in [2.45, 2.75) is 19.9 Å². The lowest BCUT2D eigenvalue weighted by atomic mass is 10.2. The quantitative estimate of drug-likeness (QED) is 0.505. The highest BCUT2D eigenvalue weighted by Crippen LogP contribution is 2.16. The molecule has 4 N–H and O–H groups in total. The molecule has 1 aromatic rings. The largest absolute Gasteiger partial charge is 0.383 e. The molecule has 0 saturated heterocycles. The second kappa shape index (κ2) is 6.45. The molecular weight excluding hydrogens is 266 g/mol. The highest BCUT2D eigenvalue weighted by molar-refractivity contribution is 6.00. The van der Waals surface area contributed by atoms with Gasteiger partial charge in [0.15, 0.2) is 0 Å². The molecule has 0 atom stereocenters. The second-order valence-electron chi connectivity index (χ2n) is 4.29. The van der Waals surface area contributed by atoms with Gasteiger partial charge in [0.1, 0.15) is 12.0 Å². The highest BCUT2D eigenvalue weighted by Gasteiger charge is 2.17. The third kappa shape index (κ3) is 4.19. The Morgan fingerprint density at radius 3 is 2.70 bits per heavy atom. The van der Waals surface area contributed by atoms with Crippen LogP contribution in [-0.4, -0.2) is 34.3 Å². The summed E-state index contributed by atoms with van der Waals surface area (Å²) in [6.07, 6.45) is 0.956. The van der Waals surface area contributed by atoms with E-state index in [1.165, 1.54) is 0 Å². The molecule has 9 nitrogen and oxygen atoms in total. The Morgan fingerprint density at radius 2 is 2.15 bits per heavy atom. The van der Waals surface area contributed by atoms with Crippen LogP contribution in [0, 0.1) is 10.1 Å². The molecule has 0 saturated carbocycles. The van der Waals surface area contributed by atoms with Gasteiger partial charge in [-0.1, -0.05) is 0 Å². The van der Waals surface area contributed by atoms with E-state index >= 15 is 0 Å². The molecule has 20 heavy (non-hydrogen) atoms. The summed E-state index contributed by atoms with van der Waals surface area (Å²) >= 11 is 0. The van der Waals surface area contributed by atoms with Gasteiger partial charge in [-0.25, -0.2) is 4.98 Å². The summed E-state index contributed by atoms with van der Waals surface area (Å²) in [5.74, 6) is -1.21. The summed E-state index contributed by atoms with van der Waals surface area (Å²) in [6.45, 7) is 3.31. The molecule has 0 aliphatic rings. The van der Waals surface area contributed by atoms with E-state index in [-0.39, 0.29) is 35.6 Å². The van der Waals surface area contributed by atoms with Crippen LogP contribution in [0.25, 0.3) is 0 Å². The monoisotopic (exact) mass is 281 g/mol. The number of amides is 2. The van der Waals surface area contributed by atoms with Crippen molar-refractivity contribution in [1.29, 1.82) is 0 Å². The maximum absolute atomic E-state index is 11.8. The number of nitrogens with one attached hydrogen (secondary N) is 2. The minimum Gasteiger partial charge on any atom is -0.383 e. The van der Waals surface area contributed by atoms with Gasteiger partial charge >= 0.3 is 0 Å². The van der Waals surface area contributed by atoms with Crippen LogP contribution in [0.3, 0.4) is 0 Å². The van der Waals surface area contributed by atoms with Crippen LogP contribution in [0.4, 0.5) is 11.5 Å². The Hall–Kier alpha value is -2.71. The van der Waals surface area contributed by atoms with Crippen LogP contribution in [0.15, 0.2) is 12.3 Å². The summed E-state index contributed by atoms with van der Waals surface area (Å²) in [5, 5.41) is 15.5. The highest BCUT2D eigenvalue weighted by atomic mass is 16.6. The number of anilines is 1. The second-order valence-corrected chi connectivity index (χ2v) is 4.29. The summed E-state index contributed by atoms with van der Waals surface area (Å²) in [7, 11) is 0. The van der Waals surface area contributed by atoms with Crippen molar-refractivity contribution in [1.82, 2.24) is 15.6 Å². The number of nitrogens with two attached hydrogens (primary N) is 1. The van der Waals surface area contributed by atoms with Crippen molar-refractivity contribution >= 4 is 23.3 Å². The molecule has 0 spiro atoms. The lowest BCUT2D eigenvalue weighted by molar-refractivity contribution is -0.385. The molecule has 0 fully saturated rings. The van der Waals surface area contributed by atoms with Gasteiger partial charge in [-0.15, -0.1) is 0 Å². The third-order valence-corrected chi connectivity index (χ3v) is 2.22. The van der Waals surface area contributed by atoms with Gasteiger partial charge in [-0.2, -0.15) is 0 Å². The zero-order valence-corrected chi connectivity index (χ0v) is 11.0. The first-order chi connectivity index (χ1) is 9.31. The van der Waals surface area contributed by atoms with Crippen molar-refractivity contribution in [3.8, 4) is 0 Å². The van der Waals surface area contributed by atoms with Crippen LogP contribution >= 0.6 is 0 Å². The topological polar surface area (TPSA) is 140 Å². The molecule has 1 aromatic heterocycles. The van der Waals surface area contributed by atoms with E-state index in [4.69, 9.17) is 5.73 Å². The molecule has 0 aliphatic carbocycles. The van der Waals surface area contributed by atoms with Crippen molar-refractivity contribution < 1.29 is 14.5 Å². The summed E-state index contributed by atoms with van der Waals surface area (Å²) in [6, 6.07) is 0.960. The minimum absolute atomic E-state index is 0.0519. The molecule has 0 aromatic carbocycles. The zero-order chi connectivity index (χ0) is 15.3. The van der Waals surface area contributed by atoms with Gasteiger partial charge in [0, 0.05) is 12.1 Å². The average Bonchev–Trinajstić information content (AvgIpc) is 2.35. The molecule has 2 amide bonds. The molecule has 0 aliphatic heterocycles. The molecule has 0 radical (unpaired) electrons. The number of aromatic nitrogens is 1. The smallest absolute Gasteiger partial charge is 0.288 e. The van der Waals surface area contributed by atoms with Crippen LogP contribution in [0.5, 0.6) is 0 Å². The van der Waals surface area contributed by atoms with E-state index < -0.39 is 10.8 Å². The minimum atomic E-state index is -0.697. The van der Waals surface area contributed by atoms with Crippen molar-refractivity contribution in [3.63, 3.8) is 0 Å². The predicted molar refractivity (Wildman–Crippen MR) is 70.9 cm³/mol. The number of hydrogen-bond donors (Lipinski definition) is 3. The molecule has 1 heterocycles. The normalized spacial score (nSPS) is 10.2. The van der Waals surface area contributed by atoms with Gasteiger partial charge in [0.05, 0.1) is 17.0 Å². The van der Waals surface area contributed by atoms with Crippen LogP contribution in [0.1, 0.15) is 24.2 Å². The number of carbonyl (C=O) groups excluding carboxylic acids is 2. The zero-order valence-electron chi connectivity index (χ0n) is 11.0. The van der Waals surface area contributed by atoms with Gasteiger partial charge in [-0.05, 0) is 13.8 Å². The molecular formula is C11H15N5O4. The molecule has 108 valence electrons. The maximum atomic E-state index is 11.8. The Bertz CT molecular complexity index is 544. The number of nitro groups is 1. The predicted octanol–water partition coefficient (Wildman–Crippen LogP) is -0.174. The Labute approximate surface area is 114 Å². The first-order valence-electron chi connectivity index (χ1n) is 5.78. The number of pyridine rings is 1. The maximum Gasteiger partial charge on any atom is 0.288 e. The van der Waals surface area contributed by atoms with E-state index in [0.29, 0.717) is 0 Å². The number of carbonyl (C=O) groups is 2. The van der Waals surface area contributed by atoms with Crippen molar-refractivity contribution in [2.24, 2.45) is 0 Å². The fourth-order valence-corrected chi connectivity index (χ4v) is 1.37. The first-order valence-corrected chi connectivity index (χ1v) is 5.78. The molecule has 1 rings (SSSR count). The Morgan fingerprint density at radius 1 is 1.50 bits per heavy atom. The Kier molecular flexibility index (Phi) is 4.95. The van der Waals surface area contributed by atoms with E-state index in [2.05, 4.69) is 15.6 Å². The summed E-state index contributed by atoms with van der Waals surface area (Å²) in [4.78, 5) is 36.7. The van der Waals surface area contributed by atoms with Crippen LogP contribution < -0.4 is 16.4 Å². The fourth-order valence-electron chi connectivity index (χ4n) is 1.37. The number of nitrogen functional groups attached to an aromatic ring is 1. The van der Waals surface area contributed by atoms with Crippen molar-refractivity contribution in [3.05, 3.63) is 27.9 Å². The first kappa shape index (κ1) is 15.3. The number of rotatable bonds is 5. The van der Waals surface area contributed by atoms with Gasteiger partial charge in [-0.3, -0.25) is 19.7 Å². The molecule has 9 heteroatoms. The lowest BCUT2D eigenvalue weighted by Crippen LogP contribution is -2.40.